The topological polar surface area (TPSA) is 58.6 Å². The minimum Gasteiger partial charge on any atom is -0.478 e. The summed E-state index contributed by atoms with van der Waals surface area (Å²) in [5.41, 5.74) is 0.340. The van der Waals surface area contributed by atoms with Crippen molar-refractivity contribution in [2.45, 2.75) is 38.8 Å². The van der Waals surface area contributed by atoms with E-state index >= 15 is 0 Å². The number of carboxylic acids is 1. The van der Waals surface area contributed by atoms with E-state index < -0.39 is 5.97 Å². The van der Waals surface area contributed by atoms with Crippen LogP contribution in [0.2, 0.25) is 0 Å². The lowest BCUT2D eigenvalue weighted by Gasteiger charge is -2.28. The summed E-state index contributed by atoms with van der Waals surface area (Å²) < 4.78 is 5.47. The van der Waals surface area contributed by atoms with Crippen molar-refractivity contribution in [2.75, 3.05) is 13.2 Å². The molecule has 1 aliphatic rings. The summed E-state index contributed by atoms with van der Waals surface area (Å²) in [5, 5.41) is 12.0. The van der Waals surface area contributed by atoms with Gasteiger partial charge in [0, 0.05) is 24.3 Å². The summed E-state index contributed by atoms with van der Waals surface area (Å²) in [5.74, 6) is -0.863. The van der Waals surface area contributed by atoms with Gasteiger partial charge in [-0.15, -0.1) is 0 Å². The van der Waals surface area contributed by atoms with Crippen molar-refractivity contribution >= 4 is 5.97 Å². The fourth-order valence-corrected chi connectivity index (χ4v) is 1.59. The first kappa shape index (κ1) is 12.2. The number of rotatable bonds is 4. The molecule has 0 saturated carbocycles. The summed E-state index contributed by atoms with van der Waals surface area (Å²) in [7, 11) is 0. The Labute approximate surface area is 90.3 Å². The standard InChI is InChI=1S/C11H19NO3/c1-8(10(13)14)4-6-12-11(3)5-7-15-9(11)2/h4,9,12H,5-7H2,1-3H3,(H,13,14)/b8-4-. The fourth-order valence-electron chi connectivity index (χ4n) is 1.59. The Morgan fingerprint density at radius 1 is 1.73 bits per heavy atom. The number of ether oxygens (including phenoxy) is 1. The third-order valence-corrected chi connectivity index (χ3v) is 3.14. The third kappa shape index (κ3) is 3.04. The Morgan fingerprint density at radius 3 is 2.87 bits per heavy atom. The van der Waals surface area contributed by atoms with Crippen LogP contribution in [0.5, 0.6) is 0 Å². The molecule has 4 nitrogen and oxygen atoms in total. The Morgan fingerprint density at radius 2 is 2.40 bits per heavy atom. The fraction of sp³-hybridized carbons (Fsp3) is 0.727. The highest BCUT2D eigenvalue weighted by atomic mass is 16.5. The van der Waals surface area contributed by atoms with Crippen molar-refractivity contribution in [1.82, 2.24) is 5.32 Å². The van der Waals surface area contributed by atoms with E-state index in [2.05, 4.69) is 12.2 Å². The van der Waals surface area contributed by atoms with E-state index in [1.54, 1.807) is 13.0 Å². The normalized spacial score (nSPS) is 31.9. The van der Waals surface area contributed by atoms with Gasteiger partial charge in [0.15, 0.2) is 0 Å². The molecule has 86 valence electrons. The molecule has 0 aliphatic carbocycles. The molecule has 1 rings (SSSR count). The van der Waals surface area contributed by atoms with Crippen LogP contribution in [0.1, 0.15) is 27.2 Å². The maximum atomic E-state index is 10.5. The molecule has 1 aliphatic heterocycles. The molecule has 1 heterocycles. The van der Waals surface area contributed by atoms with Crippen LogP contribution in [0.15, 0.2) is 11.6 Å². The van der Waals surface area contributed by atoms with Gasteiger partial charge in [-0.1, -0.05) is 6.08 Å². The first-order valence-electron chi connectivity index (χ1n) is 5.22. The van der Waals surface area contributed by atoms with Crippen LogP contribution in [-0.2, 0) is 9.53 Å². The van der Waals surface area contributed by atoms with Crippen molar-refractivity contribution < 1.29 is 14.6 Å². The molecule has 0 aromatic heterocycles. The van der Waals surface area contributed by atoms with Crippen molar-refractivity contribution in [2.24, 2.45) is 0 Å². The Bertz CT molecular complexity index is 275. The second-order valence-electron chi connectivity index (χ2n) is 4.25. The van der Waals surface area contributed by atoms with Crippen LogP contribution in [-0.4, -0.2) is 35.9 Å². The van der Waals surface area contributed by atoms with Crippen LogP contribution in [0.4, 0.5) is 0 Å². The van der Waals surface area contributed by atoms with Crippen LogP contribution in [0.25, 0.3) is 0 Å². The number of hydrogen-bond donors (Lipinski definition) is 2. The molecular weight excluding hydrogens is 194 g/mol. The zero-order valence-corrected chi connectivity index (χ0v) is 9.54. The van der Waals surface area contributed by atoms with Crippen LogP contribution in [0.3, 0.4) is 0 Å². The molecule has 0 aromatic rings. The van der Waals surface area contributed by atoms with Gasteiger partial charge in [-0.2, -0.15) is 0 Å². The molecule has 0 spiro atoms. The van der Waals surface area contributed by atoms with Gasteiger partial charge in [0.05, 0.1) is 6.10 Å². The first-order valence-corrected chi connectivity index (χ1v) is 5.22. The molecule has 2 atom stereocenters. The Hall–Kier alpha value is -0.870. The van der Waals surface area contributed by atoms with Gasteiger partial charge in [-0.05, 0) is 27.2 Å². The SMILES string of the molecule is C/C(=C/CNC1(C)CCOC1C)C(=O)O. The van der Waals surface area contributed by atoms with E-state index in [1.165, 1.54) is 0 Å². The largest absolute Gasteiger partial charge is 0.478 e. The van der Waals surface area contributed by atoms with Gasteiger partial charge in [0.25, 0.3) is 0 Å². The highest BCUT2D eigenvalue weighted by molar-refractivity contribution is 5.85. The van der Waals surface area contributed by atoms with Crippen molar-refractivity contribution in [1.29, 1.82) is 0 Å². The molecule has 0 aromatic carbocycles. The monoisotopic (exact) mass is 213 g/mol. The number of hydrogen-bond acceptors (Lipinski definition) is 3. The molecule has 0 bridgehead atoms. The quantitative estimate of drug-likeness (QED) is 0.688. The number of carboxylic acid groups (broad SMARTS) is 1. The molecule has 1 saturated heterocycles. The molecule has 0 radical (unpaired) electrons. The van der Waals surface area contributed by atoms with Gasteiger partial charge < -0.3 is 15.2 Å². The lowest BCUT2D eigenvalue weighted by atomic mass is 9.95. The molecule has 1 fully saturated rings. The molecule has 2 unspecified atom stereocenters. The highest BCUT2D eigenvalue weighted by Crippen LogP contribution is 2.24. The second kappa shape index (κ2) is 4.77. The second-order valence-corrected chi connectivity index (χ2v) is 4.25. The van der Waals surface area contributed by atoms with E-state index in [0.29, 0.717) is 12.1 Å². The summed E-state index contributed by atoms with van der Waals surface area (Å²) in [6.07, 6.45) is 2.84. The summed E-state index contributed by atoms with van der Waals surface area (Å²) in [6.45, 7) is 7.08. The first-order chi connectivity index (χ1) is 6.96. The summed E-state index contributed by atoms with van der Waals surface area (Å²) >= 11 is 0. The van der Waals surface area contributed by atoms with Gasteiger partial charge in [0.1, 0.15) is 0 Å². The van der Waals surface area contributed by atoms with Gasteiger partial charge in [-0.25, -0.2) is 4.79 Å². The predicted octanol–water partition coefficient (Wildman–Crippen LogP) is 1.17. The van der Waals surface area contributed by atoms with Crippen molar-refractivity contribution in [3.8, 4) is 0 Å². The average molecular weight is 213 g/mol. The van der Waals surface area contributed by atoms with Gasteiger partial charge in [0.2, 0.25) is 0 Å². The minimum atomic E-state index is -0.863. The Balaban J connectivity index is 2.43. The zero-order chi connectivity index (χ0) is 11.5. The summed E-state index contributed by atoms with van der Waals surface area (Å²) in [4.78, 5) is 10.5. The number of aliphatic carboxylic acids is 1. The zero-order valence-electron chi connectivity index (χ0n) is 9.54. The molecule has 15 heavy (non-hydrogen) atoms. The van der Waals surface area contributed by atoms with Crippen LogP contribution >= 0.6 is 0 Å². The van der Waals surface area contributed by atoms with E-state index in [0.717, 1.165) is 13.0 Å². The molecule has 0 amide bonds. The molecule has 2 N–H and O–H groups in total. The molecule has 4 heteroatoms. The van der Waals surface area contributed by atoms with Crippen molar-refractivity contribution in [3.05, 3.63) is 11.6 Å². The Kier molecular flexibility index (Phi) is 3.88. The average Bonchev–Trinajstić information content (AvgIpc) is 2.47. The summed E-state index contributed by atoms with van der Waals surface area (Å²) in [6, 6.07) is 0. The van der Waals surface area contributed by atoms with Crippen LogP contribution < -0.4 is 5.32 Å². The van der Waals surface area contributed by atoms with E-state index in [9.17, 15) is 4.79 Å². The third-order valence-electron chi connectivity index (χ3n) is 3.14. The van der Waals surface area contributed by atoms with E-state index in [4.69, 9.17) is 9.84 Å². The highest BCUT2D eigenvalue weighted by Gasteiger charge is 2.35. The van der Waals surface area contributed by atoms with Crippen LogP contribution in [0, 0.1) is 0 Å². The van der Waals surface area contributed by atoms with Crippen molar-refractivity contribution in [3.63, 3.8) is 0 Å². The lowest BCUT2D eigenvalue weighted by Crippen LogP contribution is -2.47. The van der Waals surface area contributed by atoms with Gasteiger partial charge in [-0.3, -0.25) is 0 Å². The minimum absolute atomic E-state index is 0.0325. The maximum Gasteiger partial charge on any atom is 0.330 e. The number of nitrogens with one attached hydrogen (secondary N) is 1. The smallest absolute Gasteiger partial charge is 0.330 e. The van der Waals surface area contributed by atoms with E-state index in [1.807, 2.05) is 6.92 Å². The molecular formula is C11H19NO3. The van der Waals surface area contributed by atoms with Gasteiger partial charge >= 0.3 is 5.97 Å². The lowest BCUT2D eigenvalue weighted by molar-refractivity contribution is -0.132. The van der Waals surface area contributed by atoms with E-state index in [-0.39, 0.29) is 11.6 Å². The maximum absolute atomic E-state index is 10.5. The predicted molar refractivity (Wildman–Crippen MR) is 57.8 cm³/mol. The number of carbonyl (C=O) groups is 1.